The van der Waals surface area contributed by atoms with Crippen LogP contribution in [0, 0.1) is 0 Å². The van der Waals surface area contributed by atoms with Crippen LogP contribution in [0.3, 0.4) is 0 Å². The van der Waals surface area contributed by atoms with Crippen LogP contribution in [0.25, 0.3) is 32.7 Å². The lowest BCUT2D eigenvalue weighted by Crippen LogP contribution is -2.06. The Labute approximate surface area is 143 Å². The molecule has 0 fully saturated rings. The van der Waals surface area contributed by atoms with E-state index in [-0.39, 0.29) is 16.9 Å². The summed E-state index contributed by atoms with van der Waals surface area (Å²) in [5.41, 5.74) is 0.272. The molecule has 0 heterocycles. The minimum atomic E-state index is -1.28. The van der Waals surface area contributed by atoms with Gasteiger partial charge < -0.3 is 15.3 Å². The Bertz CT molecular complexity index is 1150. The van der Waals surface area contributed by atoms with Crippen molar-refractivity contribution in [1.29, 1.82) is 0 Å². The molecule has 4 heteroatoms. The molecule has 0 amide bonds. The SMILES string of the molecule is O=C(O)c1cc2ccccc2c(-c2c(O)ccc3ccccc23)c1[O-]. The average Bonchev–Trinajstić information content (AvgIpc) is 2.62. The molecular formula is C21H13O4-. The summed E-state index contributed by atoms with van der Waals surface area (Å²) in [6, 6.07) is 19.1. The molecule has 0 saturated carbocycles. The zero-order chi connectivity index (χ0) is 17.6. The van der Waals surface area contributed by atoms with Crippen LogP contribution in [-0.2, 0) is 0 Å². The maximum absolute atomic E-state index is 12.9. The first kappa shape index (κ1) is 15.0. The molecule has 2 N–H and O–H groups in total. The lowest BCUT2D eigenvalue weighted by Gasteiger charge is -2.22. The van der Waals surface area contributed by atoms with E-state index in [9.17, 15) is 20.1 Å². The summed E-state index contributed by atoms with van der Waals surface area (Å²) in [5.74, 6) is -1.93. The number of carboxylic acids is 1. The summed E-state index contributed by atoms with van der Waals surface area (Å²) in [6.07, 6.45) is 0. The van der Waals surface area contributed by atoms with Crippen LogP contribution in [-0.4, -0.2) is 16.2 Å². The number of rotatable bonds is 2. The number of fused-ring (bicyclic) bond motifs is 2. The van der Waals surface area contributed by atoms with Crippen molar-refractivity contribution in [3.8, 4) is 22.6 Å². The second-order valence-electron chi connectivity index (χ2n) is 5.84. The fourth-order valence-corrected chi connectivity index (χ4v) is 3.26. The van der Waals surface area contributed by atoms with Gasteiger partial charge in [-0.2, -0.15) is 0 Å². The first-order chi connectivity index (χ1) is 12.1. The second kappa shape index (κ2) is 5.53. The molecule has 4 aromatic rings. The van der Waals surface area contributed by atoms with Gasteiger partial charge in [0, 0.05) is 5.56 Å². The van der Waals surface area contributed by atoms with E-state index in [4.69, 9.17) is 0 Å². The predicted octanol–water partition coefficient (Wildman–Crippen LogP) is 4.14. The Morgan fingerprint density at radius 3 is 2.08 bits per heavy atom. The van der Waals surface area contributed by atoms with Crippen LogP contribution in [0.2, 0.25) is 0 Å². The summed E-state index contributed by atoms with van der Waals surface area (Å²) in [5, 5.41) is 35.7. The molecule has 0 radical (unpaired) electrons. The van der Waals surface area contributed by atoms with E-state index in [0.29, 0.717) is 21.7 Å². The molecule has 0 bridgehead atoms. The number of benzene rings is 4. The van der Waals surface area contributed by atoms with Crippen LogP contribution in [0.4, 0.5) is 0 Å². The summed E-state index contributed by atoms with van der Waals surface area (Å²) < 4.78 is 0. The molecule has 4 rings (SSSR count). The summed E-state index contributed by atoms with van der Waals surface area (Å²) in [7, 11) is 0. The fraction of sp³-hybridized carbons (Fsp3) is 0. The van der Waals surface area contributed by atoms with Gasteiger partial charge in [-0.25, -0.2) is 4.79 Å². The highest BCUT2D eigenvalue weighted by molar-refractivity contribution is 6.12. The maximum Gasteiger partial charge on any atom is 0.335 e. The van der Waals surface area contributed by atoms with Gasteiger partial charge in [0.2, 0.25) is 0 Å². The van der Waals surface area contributed by atoms with Crippen LogP contribution < -0.4 is 5.11 Å². The topological polar surface area (TPSA) is 80.6 Å². The number of phenols is 1. The molecule has 25 heavy (non-hydrogen) atoms. The molecule has 0 unspecified atom stereocenters. The summed E-state index contributed by atoms with van der Waals surface area (Å²) in [6.45, 7) is 0. The highest BCUT2D eigenvalue weighted by atomic mass is 16.4. The van der Waals surface area contributed by atoms with E-state index in [2.05, 4.69) is 0 Å². The van der Waals surface area contributed by atoms with Gasteiger partial charge in [-0.1, -0.05) is 60.3 Å². The van der Waals surface area contributed by atoms with Crippen molar-refractivity contribution in [3.63, 3.8) is 0 Å². The second-order valence-corrected chi connectivity index (χ2v) is 5.84. The average molecular weight is 329 g/mol. The number of aromatic hydroxyl groups is 1. The fourth-order valence-electron chi connectivity index (χ4n) is 3.26. The van der Waals surface area contributed by atoms with Crippen molar-refractivity contribution in [2.24, 2.45) is 0 Å². The van der Waals surface area contributed by atoms with Gasteiger partial charge in [0.15, 0.2) is 0 Å². The van der Waals surface area contributed by atoms with Gasteiger partial charge in [-0.15, -0.1) is 0 Å². The highest BCUT2D eigenvalue weighted by Gasteiger charge is 2.17. The smallest absolute Gasteiger partial charge is 0.335 e. The van der Waals surface area contributed by atoms with Crippen LogP contribution in [0.5, 0.6) is 11.5 Å². The summed E-state index contributed by atoms with van der Waals surface area (Å²) >= 11 is 0. The van der Waals surface area contributed by atoms with Crippen molar-refractivity contribution in [2.75, 3.05) is 0 Å². The zero-order valence-corrected chi connectivity index (χ0v) is 13.1. The van der Waals surface area contributed by atoms with Crippen molar-refractivity contribution in [3.05, 3.63) is 72.3 Å². The van der Waals surface area contributed by atoms with Gasteiger partial charge in [0.1, 0.15) is 5.75 Å². The van der Waals surface area contributed by atoms with E-state index < -0.39 is 11.7 Å². The van der Waals surface area contributed by atoms with Gasteiger partial charge in [0.05, 0.1) is 5.56 Å². The predicted molar refractivity (Wildman–Crippen MR) is 95.0 cm³/mol. The molecule has 0 spiro atoms. The largest absolute Gasteiger partial charge is 0.871 e. The quantitative estimate of drug-likeness (QED) is 0.579. The molecular weight excluding hydrogens is 316 g/mol. The van der Waals surface area contributed by atoms with Crippen molar-refractivity contribution < 1.29 is 20.1 Å². The minimum absolute atomic E-state index is 0.0523. The number of carboxylic acid groups (broad SMARTS) is 1. The van der Waals surface area contributed by atoms with Gasteiger partial charge in [-0.3, -0.25) is 0 Å². The standard InChI is InChI=1S/C21H14O4/c22-17-10-9-12-5-1-3-7-14(12)18(17)19-15-8-4-2-6-13(15)11-16(20(19)23)21(24)25/h1-11,22-23H,(H,24,25)/p-1. The molecule has 0 aliphatic carbocycles. The maximum atomic E-state index is 12.9. The van der Waals surface area contributed by atoms with E-state index in [0.717, 1.165) is 5.39 Å². The van der Waals surface area contributed by atoms with Gasteiger partial charge >= 0.3 is 5.97 Å². The van der Waals surface area contributed by atoms with Crippen LogP contribution in [0.15, 0.2) is 66.7 Å². The van der Waals surface area contributed by atoms with Gasteiger partial charge in [-0.05, 0) is 39.2 Å². The zero-order valence-electron chi connectivity index (χ0n) is 13.1. The molecule has 0 atom stereocenters. The molecule has 4 nitrogen and oxygen atoms in total. The third kappa shape index (κ3) is 2.27. The molecule has 0 aliphatic heterocycles. The first-order valence-corrected chi connectivity index (χ1v) is 7.75. The number of hydrogen-bond donors (Lipinski definition) is 2. The van der Waals surface area contributed by atoms with Crippen molar-refractivity contribution in [2.45, 2.75) is 0 Å². The van der Waals surface area contributed by atoms with Crippen molar-refractivity contribution >= 4 is 27.5 Å². The van der Waals surface area contributed by atoms with E-state index in [1.165, 1.54) is 12.1 Å². The molecule has 0 saturated heterocycles. The Balaban J connectivity index is 2.24. The Kier molecular flexibility index (Phi) is 3.32. The first-order valence-electron chi connectivity index (χ1n) is 7.75. The lowest BCUT2D eigenvalue weighted by molar-refractivity contribution is -0.267. The Morgan fingerprint density at radius 2 is 1.40 bits per heavy atom. The van der Waals surface area contributed by atoms with E-state index in [1.807, 2.05) is 24.3 Å². The third-order valence-electron chi connectivity index (χ3n) is 4.39. The molecule has 122 valence electrons. The van der Waals surface area contributed by atoms with Crippen molar-refractivity contribution in [1.82, 2.24) is 0 Å². The summed E-state index contributed by atoms with van der Waals surface area (Å²) in [4.78, 5) is 11.5. The van der Waals surface area contributed by atoms with Gasteiger partial charge in [0.25, 0.3) is 0 Å². The normalized spacial score (nSPS) is 11.0. The van der Waals surface area contributed by atoms with E-state index in [1.54, 1.807) is 30.3 Å². The number of carbonyl (C=O) groups is 1. The molecule has 0 aliphatic rings. The number of hydrogen-bond acceptors (Lipinski definition) is 3. The van der Waals surface area contributed by atoms with E-state index >= 15 is 0 Å². The van der Waals surface area contributed by atoms with Crippen LogP contribution in [0.1, 0.15) is 10.4 Å². The third-order valence-corrected chi connectivity index (χ3v) is 4.39. The number of aromatic carboxylic acids is 1. The minimum Gasteiger partial charge on any atom is -0.871 e. The van der Waals surface area contributed by atoms with Crippen LogP contribution >= 0.6 is 0 Å². The highest BCUT2D eigenvalue weighted by Crippen LogP contribution is 2.44. The monoisotopic (exact) mass is 329 g/mol. The number of phenolic OH excluding ortho intramolecular Hbond substituents is 1. The Morgan fingerprint density at radius 1 is 0.800 bits per heavy atom. The molecule has 0 aromatic heterocycles. The molecule has 4 aromatic carbocycles. The Hall–Kier alpha value is -3.53. The lowest BCUT2D eigenvalue weighted by atomic mass is 9.90.